The number of likely N-dealkylation sites (tertiary alicyclic amines) is 1. The standard InChI is InChI=1S/C25H29NO6/c1-14(2)32-11-10-26-22(17-8-9-20(31-5)19(27)13-17)21(24(29)25(26)30)23(28)18-7-6-15(3)16(4)12-18/h6-9,12-14,22,27-28H,10-11H2,1-5H3/b23-21-. The second-order valence-corrected chi connectivity index (χ2v) is 8.14. The number of carbonyl (C=O) groups is 2. The monoisotopic (exact) mass is 439 g/mol. The highest BCUT2D eigenvalue weighted by molar-refractivity contribution is 6.46. The Morgan fingerprint density at radius 1 is 1.09 bits per heavy atom. The van der Waals surface area contributed by atoms with E-state index >= 15 is 0 Å². The van der Waals surface area contributed by atoms with Gasteiger partial charge in [0.05, 0.1) is 31.4 Å². The summed E-state index contributed by atoms with van der Waals surface area (Å²) in [4.78, 5) is 27.3. The molecule has 0 radical (unpaired) electrons. The highest BCUT2D eigenvalue weighted by Gasteiger charge is 2.46. The molecular weight excluding hydrogens is 410 g/mol. The fourth-order valence-electron chi connectivity index (χ4n) is 3.77. The van der Waals surface area contributed by atoms with Crippen LogP contribution in [-0.4, -0.2) is 53.2 Å². The van der Waals surface area contributed by atoms with E-state index in [2.05, 4.69) is 0 Å². The lowest BCUT2D eigenvalue weighted by Gasteiger charge is -2.26. The van der Waals surface area contributed by atoms with Gasteiger partial charge >= 0.3 is 0 Å². The first-order valence-electron chi connectivity index (χ1n) is 10.5. The third-order valence-corrected chi connectivity index (χ3v) is 5.62. The van der Waals surface area contributed by atoms with Crippen LogP contribution in [0.4, 0.5) is 0 Å². The van der Waals surface area contributed by atoms with Gasteiger partial charge in [-0.25, -0.2) is 0 Å². The molecule has 1 unspecified atom stereocenters. The number of aromatic hydroxyl groups is 1. The number of benzene rings is 2. The van der Waals surface area contributed by atoms with E-state index in [1.165, 1.54) is 18.1 Å². The molecule has 0 aliphatic carbocycles. The van der Waals surface area contributed by atoms with Crippen LogP contribution in [-0.2, 0) is 14.3 Å². The molecule has 32 heavy (non-hydrogen) atoms. The Morgan fingerprint density at radius 3 is 2.41 bits per heavy atom. The van der Waals surface area contributed by atoms with E-state index in [-0.39, 0.29) is 42.1 Å². The number of aliphatic hydroxyl groups is 1. The van der Waals surface area contributed by atoms with Crippen molar-refractivity contribution in [2.45, 2.75) is 39.8 Å². The van der Waals surface area contributed by atoms with Gasteiger partial charge in [-0.05, 0) is 62.6 Å². The maximum absolute atomic E-state index is 13.0. The molecular formula is C25H29NO6. The molecule has 2 N–H and O–H groups in total. The molecule has 1 atom stereocenters. The normalized spacial score (nSPS) is 17.9. The van der Waals surface area contributed by atoms with Crippen molar-refractivity contribution in [3.05, 3.63) is 64.2 Å². The summed E-state index contributed by atoms with van der Waals surface area (Å²) in [6, 6.07) is 9.15. The Labute approximate surface area is 187 Å². The number of amides is 1. The lowest BCUT2D eigenvalue weighted by Crippen LogP contribution is -2.33. The molecule has 1 aliphatic heterocycles. The molecule has 0 spiro atoms. The molecule has 0 bridgehead atoms. The fraction of sp³-hybridized carbons (Fsp3) is 0.360. The predicted octanol–water partition coefficient (Wildman–Crippen LogP) is 3.86. The Morgan fingerprint density at radius 2 is 1.81 bits per heavy atom. The summed E-state index contributed by atoms with van der Waals surface area (Å²) in [7, 11) is 1.43. The van der Waals surface area contributed by atoms with Gasteiger partial charge in [0.1, 0.15) is 5.76 Å². The number of hydrogen-bond donors (Lipinski definition) is 2. The summed E-state index contributed by atoms with van der Waals surface area (Å²) in [6.07, 6.45) is -0.0363. The average Bonchev–Trinajstić information content (AvgIpc) is 3.00. The minimum Gasteiger partial charge on any atom is -0.507 e. The van der Waals surface area contributed by atoms with Crippen LogP contribution in [0.3, 0.4) is 0 Å². The molecule has 2 aromatic carbocycles. The van der Waals surface area contributed by atoms with E-state index in [0.29, 0.717) is 11.1 Å². The summed E-state index contributed by atoms with van der Waals surface area (Å²) in [6.45, 7) is 8.01. The van der Waals surface area contributed by atoms with Crippen molar-refractivity contribution in [1.82, 2.24) is 4.90 Å². The van der Waals surface area contributed by atoms with E-state index in [9.17, 15) is 19.8 Å². The topological polar surface area (TPSA) is 96.3 Å². The Kier molecular flexibility index (Phi) is 6.89. The molecule has 0 aromatic heterocycles. The van der Waals surface area contributed by atoms with Crippen molar-refractivity contribution >= 4 is 17.4 Å². The summed E-state index contributed by atoms with van der Waals surface area (Å²) >= 11 is 0. The quantitative estimate of drug-likeness (QED) is 0.386. The van der Waals surface area contributed by atoms with Gasteiger partial charge in [-0.15, -0.1) is 0 Å². The smallest absolute Gasteiger partial charge is 0.295 e. The van der Waals surface area contributed by atoms with Crippen LogP contribution in [0.25, 0.3) is 5.76 Å². The van der Waals surface area contributed by atoms with Crippen molar-refractivity contribution in [2.75, 3.05) is 20.3 Å². The zero-order chi connectivity index (χ0) is 23.6. The van der Waals surface area contributed by atoms with Gasteiger partial charge in [0.2, 0.25) is 0 Å². The Balaban J connectivity index is 2.14. The number of ether oxygens (including phenoxy) is 2. The summed E-state index contributed by atoms with van der Waals surface area (Å²) in [5.41, 5.74) is 2.91. The molecule has 1 aliphatic rings. The van der Waals surface area contributed by atoms with Gasteiger partial charge in [-0.1, -0.05) is 18.2 Å². The van der Waals surface area contributed by atoms with Crippen molar-refractivity contribution in [3.8, 4) is 11.5 Å². The third-order valence-electron chi connectivity index (χ3n) is 5.62. The number of methoxy groups -OCH3 is 1. The molecule has 1 fully saturated rings. The second kappa shape index (κ2) is 9.44. The van der Waals surface area contributed by atoms with Crippen LogP contribution in [0.5, 0.6) is 11.5 Å². The third kappa shape index (κ3) is 4.48. The van der Waals surface area contributed by atoms with E-state index < -0.39 is 17.7 Å². The average molecular weight is 440 g/mol. The number of carbonyl (C=O) groups excluding carboxylic acids is 2. The second-order valence-electron chi connectivity index (χ2n) is 8.14. The molecule has 7 nitrogen and oxygen atoms in total. The van der Waals surface area contributed by atoms with Gasteiger partial charge in [0, 0.05) is 12.1 Å². The van der Waals surface area contributed by atoms with Crippen molar-refractivity contribution < 1.29 is 29.3 Å². The molecule has 1 amide bonds. The minimum absolute atomic E-state index is 0.0210. The SMILES string of the molecule is COc1ccc(C2/C(=C(/O)c3ccc(C)c(C)c3)C(=O)C(=O)N2CCOC(C)C)cc1O. The van der Waals surface area contributed by atoms with Crippen LogP contribution in [0.2, 0.25) is 0 Å². The van der Waals surface area contributed by atoms with E-state index in [4.69, 9.17) is 9.47 Å². The number of phenolic OH excluding ortho intramolecular Hbond substituents is 1. The predicted molar refractivity (Wildman–Crippen MR) is 121 cm³/mol. The Hall–Kier alpha value is -3.32. The van der Waals surface area contributed by atoms with Gasteiger partial charge < -0.3 is 24.6 Å². The number of aliphatic hydroxyl groups excluding tert-OH is 1. The van der Waals surface area contributed by atoms with Gasteiger partial charge in [-0.3, -0.25) is 9.59 Å². The first kappa shape index (κ1) is 23.3. The van der Waals surface area contributed by atoms with Crippen LogP contribution in [0, 0.1) is 13.8 Å². The van der Waals surface area contributed by atoms with Gasteiger partial charge in [0.25, 0.3) is 11.7 Å². The maximum atomic E-state index is 13.0. The van der Waals surface area contributed by atoms with Crippen molar-refractivity contribution in [2.24, 2.45) is 0 Å². The number of rotatable bonds is 7. The molecule has 1 saturated heterocycles. The number of Topliss-reactive ketones (excluding diaryl/α,β-unsaturated/α-hetero) is 1. The fourth-order valence-corrected chi connectivity index (χ4v) is 3.77. The number of hydrogen-bond acceptors (Lipinski definition) is 6. The largest absolute Gasteiger partial charge is 0.507 e. The van der Waals surface area contributed by atoms with E-state index in [1.807, 2.05) is 33.8 Å². The van der Waals surface area contributed by atoms with Gasteiger partial charge in [-0.2, -0.15) is 0 Å². The van der Waals surface area contributed by atoms with Crippen LogP contribution in [0.15, 0.2) is 42.0 Å². The molecule has 7 heteroatoms. The molecule has 0 saturated carbocycles. The maximum Gasteiger partial charge on any atom is 0.295 e. The van der Waals surface area contributed by atoms with Crippen LogP contribution >= 0.6 is 0 Å². The summed E-state index contributed by atoms with van der Waals surface area (Å²) in [5.74, 6) is -1.60. The molecule has 170 valence electrons. The van der Waals surface area contributed by atoms with Crippen LogP contribution < -0.4 is 4.74 Å². The summed E-state index contributed by atoms with van der Waals surface area (Å²) in [5, 5.41) is 21.4. The van der Waals surface area contributed by atoms with E-state index in [1.54, 1.807) is 24.3 Å². The first-order valence-corrected chi connectivity index (χ1v) is 10.5. The van der Waals surface area contributed by atoms with E-state index in [0.717, 1.165) is 11.1 Å². The molecule has 1 heterocycles. The molecule has 2 aromatic rings. The molecule has 3 rings (SSSR count). The Bertz CT molecular complexity index is 1070. The highest BCUT2D eigenvalue weighted by Crippen LogP contribution is 2.41. The minimum atomic E-state index is -0.871. The number of nitrogens with zero attached hydrogens (tertiary/aromatic N) is 1. The lowest BCUT2D eigenvalue weighted by molar-refractivity contribution is -0.140. The summed E-state index contributed by atoms with van der Waals surface area (Å²) < 4.78 is 10.7. The van der Waals surface area contributed by atoms with Crippen LogP contribution in [0.1, 0.15) is 42.1 Å². The van der Waals surface area contributed by atoms with Gasteiger partial charge in [0.15, 0.2) is 11.5 Å². The van der Waals surface area contributed by atoms with Crippen molar-refractivity contribution in [3.63, 3.8) is 0 Å². The number of aryl methyl sites for hydroxylation is 2. The number of ketones is 1. The lowest BCUT2D eigenvalue weighted by atomic mass is 9.94. The highest BCUT2D eigenvalue weighted by atomic mass is 16.5. The number of phenols is 1. The zero-order valence-corrected chi connectivity index (χ0v) is 19.0. The zero-order valence-electron chi connectivity index (χ0n) is 19.0. The van der Waals surface area contributed by atoms with Crippen molar-refractivity contribution in [1.29, 1.82) is 0 Å². The first-order chi connectivity index (χ1) is 15.1.